The van der Waals surface area contributed by atoms with Gasteiger partial charge < -0.3 is 82.1 Å². The van der Waals surface area contributed by atoms with Gasteiger partial charge >= 0.3 is 30.0 Å². The number of aliphatic carboxylic acids is 3. The number of amides is 9. The number of hydrogen-bond donors (Lipinski definition) is 12. The van der Waals surface area contributed by atoms with Crippen molar-refractivity contribution in [3.63, 3.8) is 0 Å². The van der Waals surface area contributed by atoms with Crippen LogP contribution in [0.3, 0.4) is 0 Å². The molecular weight excluding hydrogens is 1190 g/mol. The van der Waals surface area contributed by atoms with Crippen molar-refractivity contribution in [1.82, 2.24) is 47.9 Å². The topological polar surface area (TPSA) is 394 Å². The minimum absolute atomic E-state index is 0.0642. The minimum atomic E-state index is -1.54. The summed E-state index contributed by atoms with van der Waals surface area (Å²) in [5.41, 5.74) is -1.09. The number of alkyl carbamates (subject to hydrolysis) is 1. The Labute approximate surface area is 544 Å². The minimum Gasteiger partial charge on any atom is -0.481 e. The van der Waals surface area contributed by atoms with Crippen LogP contribution in [0.2, 0.25) is 0 Å². The molecule has 1 aromatic rings. The van der Waals surface area contributed by atoms with Crippen molar-refractivity contribution in [3.05, 3.63) is 35.4 Å². The molecule has 0 saturated heterocycles. The molecule has 3 atom stereocenters. The van der Waals surface area contributed by atoms with Crippen molar-refractivity contribution in [2.45, 2.75) is 231 Å². The lowest BCUT2D eigenvalue weighted by molar-refractivity contribution is -0.141. The molecule has 524 valence electrons. The predicted octanol–water partition coefficient (Wildman–Crippen LogP) is 6.79. The van der Waals surface area contributed by atoms with Crippen LogP contribution in [0.25, 0.3) is 0 Å². The first-order chi connectivity index (χ1) is 44.0. The molecule has 1 aromatic carbocycles. The van der Waals surface area contributed by atoms with Crippen LogP contribution in [0.5, 0.6) is 0 Å². The average Bonchev–Trinajstić information content (AvgIpc) is 2.75. The van der Waals surface area contributed by atoms with E-state index < -0.39 is 109 Å². The standard InChI is InChI=1S/C65H111N9O18/c1-6-8-9-10-11-12-13-14-15-16-17-18-19-20-21-27-40-89-41-28-42-90-63(88)68-38-25-22-23-30-53(75)72-47-64(3,4)92-48-65(5,7-2)91-43-39-66-54(76)44-69-55(77)45-70-56(78)46-71-59(82)50-33-31-49(32-34-50)58(81)67-37-26-24-29-51(60(83)84)73-62(87)74-52(61(85)86)35-36-57(79)80/h31-34,51-52H,6-30,35-48H2,1-5H3,(H,66,76)(H,67,81)(H,68,88)(H,69,77)(H,70,78)(H,71,82)(H,72,75)(H,79,80)(H,83,84)(H,85,86)(H2,73,74,87)/t51-,52-,65?/m0/s1. The third kappa shape index (κ3) is 45.2. The molecule has 0 fully saturated rings. The van der Waals surface area contributed by atoms with Crippen molar-refractivity contribution in [2.24, 2.45) is 0 Å². The molecule has 0 aliphatic rings. The van der Waals surface area contributed by atoms with Crippen LogP contribution < -0.4 is 47.9 Å². The van der Waals surface area contributed by atoms with Crippen LogP contribution in [-0.2, 0) is 52.5 Å². The van der Waals surface area contributed by atoms with E-state index >= 15 is 0 Å². The number of carboxylic acids is 3. The molecule has 1 rings (SSSR count). The second kappa shape index (κ2) is 51.4. The van der Waals surface area contributed by atoms with Crippen LogP contribution in [-0.4, -0.2) is 183 Å². The lowest BCUT2D eigenvalue weighted by Crippen LogP contribution is -2.51. The first-order valence-corrected chi connectivity index (χ1v) is 33.2. The van der Waals surface area contributed by atoms with Crippen LogP contribution in [0, 0.1) is 0 Å². The Morgan fingerprint density at radius 2 is 0.924 bits per heavy atom. The van der Waals surface area contributed by atoms with Crippen molar-refractivity contribution in [1.29, 1.82) is 0 Å². The van der Waals surface area contributed by atoms with Crippen LogP contribution in [0.1, 0.15) is 229 Å². The van der Waals surface area contributed by atoms with Crippen molar-refractivity contribution in [3.8, 4) is 0 Å². The highest BCUT2D eigenvalue weighted by molar-refractivity contribution is 5.99. The molecule has 92 heavy (non-hydrogen) atoms. The molecule has 0 aromatic heterocycles. The number of rotatable bonds is 57. The predicted molar refractivity (Wildman–Crippen MR) is 346 cm³/mol. The van der Waals surface area contributed by atoms with E-state index in [-0.39, 0.29) is 69.3 Å². The Kier molecular flexibility index (Phi) is 46.3. The maximum absolute atomic E-state index is 12.7. The van der Waals surface area contributed by atoms with E-state index in [0.29, 0.717) is 58.3 Å². The van der Waals surface area contributed by atoms with Gasteiger partial charge in [0.25, 0.3) is 11.8 Å². The summed E-state index contributed by atoms with van der Waals surface area (Å²) in [5.74, 6) is -7.22. The second-order valence-corrected chi connectivity index (χ2v) is 23.9. The number of benzene rings is 1. The van der Waals surface area contributed by atoms with Gasteiger partial charge in [0.05, 0.1) is 50.7 Å². The Morgan fingerprint density at radius 1 is 0.446 bits per heavy atom. The molecule has 9 amide bonds. The summed E-state index contributed by atoms with van der Waals surface area (Å²) in [7, 11) is 0. The number of hydrogen-bond acceptors (Lipinski definition) is 15. The summed E-state index contributed by atoms with van der Waals surface area (Å²) in [4.78, 5) is 133. The summed E-state index contributed by atoms with van der Waals surface area (Å²) >= 11 is 0. The largest absolute Gasteiger partial charge is 0.481 e. The highest BCUT2D eigenvalue weighted by Crippen LogP contribution is 2.20. The van der Waals surface area contributed by atoms with Crippen molar-refractivity contribution in [2.75, 3.05) is 78.8 Å². The molecule has 0 heterocycles. The molecule has 1 unspecified atom stereocenters. The molecule has 0 aliphatic heterocycles. The number of nitrogens with one attached hydrogen (secondary N) is 9. The van der Waals surface area contributed by atoms with Gasteiger partial charge in [0.1, 0.15) is 12.1 Å². The molecule has 27 nitrogen and oxygen atoms in total. The highest BCUT2D eigenvalue weighted by Gasteiger charge is 2.29. The summed E-state index contributed by atoms with van der Waals surface area (Å²) in [6, 6.07) is 1.43. The maximum atomic E-state index is 12.7. The van der Waals surface area contributed by atoms with Crippen molar-refractivity contribution >= 4 is 65.5 Å². The van der Waals surface area contributed by atoms with Gasteiger partial charge in [-0.2, -0.15) is 0 Å². The van der Waals surface area contributed by atoms with Gasteiger partial charge in [-0.05, 0) is 96.4 Å². The zero-order valence-electron chi connectivity index (χ0n) is 55.5. The quantitative estimate of drug-likeness (QED) is 0.0299. The number of carboxylic acid groups (broad SMARTS) is 3. The third-order valence-electron chi connectivity index (χ3n) is 15.0. The normalized spacial score (nSPS) is 12.4. The summed E-state index contributed by atoms with van der Waals surface area (Å²) in [6.45, 7) is 11.5. The Bertz CT molecular complexity index is 2330. The highest BCUT2D eigenvalue weighted by atomic mass is 16.6. The first-order valence-electron chi connectivity index (χ1n) is 33.2. The van der Waals surface area contributed by atoms with Crippen molar-refractivity contribution < 1.29 is 87.0 Å². The SMILES string of the molecule is CCCCCCCCCCCCCCCCCCOCCCOC(=O)NCCCCCC(=O)NCC(C)(C)OCC(C)(CC)OCCNC(=O)CNC(=O)CNC(=O)CNC(=O)c1ccc(C(=O)NCCCC[C@H](NC(=O)N[C@@H](CCC(=O)O)C(=O)O)C(=O)O)cc1. The van der Waals surface area contributed by atoms with Gasteiger partial charge in [0, 0.05) is 69.8 Å². The fraction of sp³-hybridized carbons (Fsp3) is 0.738. The molecule has 12 N–H and O–H groups in total. The van der Waals surface area contributed by atoms with E-state index in [4.69, 9.17) is 24.1 Å². The van der Waals surface area contributed by atoms with Crippen LogP contribution >= 0.6 is 0 Å². The molecule has 0 radical (unpaired) electrons. The Hall–Kier alpha value is -7.13. The van der Waals surface area contributed by atoms with Crippen LogP contribution in [0.15, 0.2) is 24.3 Å². The number of carbonyl (C=O) groups is 11. The van der Waals surface area contributed by atoms with E-state index in [2.05, 4.69) is 49.5 Å². The number of ether oxygens (including phenoxy) is 4. The molecule has 0 spiro atoms. The maximum Gasteiger partial charge on any atom is 0.407 e. The zero-order valence-corrected chi connectivity index (χ0v) is 55.5. The molecular formula is C65H111N9O18. The van der Waals surface area contributed by atoms with Gasteiger partial charge in [-0.1, -0.05) is 117 Å². The van der Waals surface area contributed by atoms with Gasteiger partial charge in [0.2, 0.25) is 23.6 Å². The summed E-state index contributed by atoms with van der Waals surface area (Å²) in [5, 5.41) is 49.8. The number of urea groups is 1. The van der Waals surface area contributed by atoms with E-state index in [1.165, 1.54) is 121 Å². The molecule has 27 heteroatoms. The fourth-order valence-electron chi connectivity index (χ4n) is 9.04. The van der Waals surface area contributed by atoms with Crippen LogP contribution in [0.4, 0.5) is 9.59 Å². The monoisotopic (exact) mass is 1310 g/mol. The average molecular weight is 1310 g/mol. The molecule has 0 aliphatic carbocycles. The summed E-state index contributed by atoms with van der Waals surface area (Å²) in [6.07, 6.45) is 24.2. The zero-order chi connectivity index (χ0) is 68.3. The smallest absolute Gasteiger partial charge is 0.407 e. The van der Waals surface area contributed by atoms with E-state index in [1.807, 2.05) is 33.0 Å². The third-order valence-corrected chi connectivity index (χ3v) is 15.0. The molecule has 0 bridgehead atoms. The van der Waals surface area contributed by atoms with E-state index in [0.717, 1.165) is 19.4 Å². The van der Waals surface area contributed by atoms with Gasteiger partial charge in [0.15, 0.2) is 0 Å². The Balaban J connectivity index is 2.14. The van der Waals surface area contributed by atoms with Gasteiger partial charge in [-0.25, -0.2) is 19.2 Å². The number of unbranched alkanes of at least 4 members (excludes halogenated alkanes) is 18. The Morgan fingerprint density at radius 3 is 1.47 bits per heavy atom. The van der Waals surface area contributed by atoms with Gasteiger partial charge in [-0.3, -0.25) is 33.6 Å². The summed E-state index contributed by atoms with van der Waals surface area (Å²) < 4.78 is 23.2. The fourth-order valence-corrected chi connectivity index (χ4v) is 9.04. The first kappa shape index (κ1) is 82.9. The van der Waals surface area contributed by atoms with E-state index in [9.17, 15) is 63.0 Å². The lowest BCUT2D eigenvalue weighted by atomic mass is 10.0. The lowest BCUT2D eigenvalue weighted by Gasteiger charge is -2.34. The van der Waals surface area contributed by atoms with E-state index in [1.54, 1.807) is 0 Å². The second-order valence-electron chi connectivity index (χ2n) is 23.9. The number of carbonyl (C=O) groups excluding carboxylic acids is 8. The van der Waals surface area contributed by atoms with Gasteiger partial charge in [-0.15, -0.1) is 0 Å². The molecule has 0 saturated carbocycles.